The lowest BCUT2D eigenvalue weighted by atomic mass is 10.0. The predicted octanol–water partition coefficient (Wildman–Crippen LogP) is 2.98. The van der Waals surface area contributed by atoms with E-state index in [1.165, 1.54) is 0 Å². The number of aromatic hydroxyl groups is 1. The first kappa shape index (κ1) is 16.2. The van der Waals surface area contributed by atoms with Crippen LogP contribution >= 0.6 is 11.8 Å². The van der Waals surface area contributed by atoms with Crippen molar-refractivity contribution in [2.45, 2.75) is 23.7 Å². The van der Waals surface area contributed by atoms with Gasteiger partial charge in [0.25, 0.3) is 0 Å². The van der Waals surface area contributed by atoms with Crippen LogP contribution in [-0.4, -0.2) is 23.2 Å². The number of phenols is 1. The van der Waals surface area contributed by atoms with Crippen molar-refractivity contribution in [1.29, 1.82) is 5.26 Å². The highest BCUT2D eigenvalue weighted by atomic mass is 32.2. The second kappa shape index (κ2) is 6.52. The summed E-state index contributed by atoms with van der Waals surface area (Å²) in [7, 11) is 0. The summed E-state index contributed by atoms with van der Waals surface area (Å²) in [4.78, 5) is 10.9. The van der Waals surface area contributed by atoms with Gasteiger partial charge in [0.1, 0.15) is 5.75 Å². The third kappa shape index (κ3) is 4.35. The van der Waals surface area contributed by atoms with Crippen molar-refractivity contribution in [3.63, 3.8) is 0 Å². The summed E-state index contributed by atoms with van der Waals surface area (Å²) in [6.07, 6.45) is -0.463. The Morgan fingerprint density at radius 1 is 1.50 bits per heavy atom. The minimum atomic E-state index is -4.58. The number of nitriles is 1. The molecule has 1 aromatic rings. The Hall–Kier alpha value is -1.88. The zero-order valence-electron chi connectivity index (χ0n) is 10.3. The normalized spacial score (nSPS) is 10.9. The minimum absolute atomic E-state index is 0.0675. The molecular formula is C12H10F3NO3S. The predicted molar refractivity (Wildman–Crippen MR) is 65.1 cm³/mol. The Labute approximate surface area is 117 Å². The summed E-state index contributed by atoms with van der Waals surface area (Å²) in [5, 5.41) is 18.7. The summed E-state index contributed by atoms with van der Waals surface area (Å²) < 4.78 is 41.6. The van der Waals surface area contributed by atoms with E-state index in [9.17, 15) is 23.1 Å². The molecule has 0 radical (unpaired) electrons. The molecule has 20 heavy (non-hydrogen) atoms. The van der Waals surface area contributed by atoms with Crippen molar-refractivity contribution in [1.82, 2.24) is 0 Å². The Balaban J connectivity index is 3.16. The maximum Gasteiger partial charge on any atom is 0.446 e. The fourth-order valence-corrected chi connectivity index (χ4v) is 2.07. The van der Waals surface area contributed by atoms with Crippen LogP contribution in [0.4, 0.5) is 13.2 Å². The van der Waals surface area contributed by atoms with Crippen LogP contribution in [0.25, 0.3) is 0 Å². The molecule has 0 unspecified atom stereocenters. The van der Waals surface area contributed by atoms with Gasteiger partial charge in [-0.25, -0.2) is 0 Å². The van der Waals surface area contributed by atoms with Crippen LogP contribution in [0.15, 0.2) is 17.0 Å². The lowest BCUT2D eigenvalue weighted by molar-refractivity contribution is -0.142. The van der Waals surface area contributed by atoms with Gasteiger partial charge in [0.05, 0.1) is 29.6 Å². The summed E-state index contributed by atoms with van der Waals surface area (Å²) in [6, 6.07) is 3.83. The highest BCUT2D eigenvalue weighted by Crippen LogP contribution is 2.43. The van der Waals surface area contributed by atoms with E-state index in [1.807, 2.05) is 0 Å². The van der Waals surface area contributed by atoms with E-state index in [0.717, 1.165) is 12.1 Å². The molecule has 0 bridgehead atoms. The molecule has 0 fully saturated rings. The standard InChI is InChI=1S/C12H10F3NO3S/c1-2-19-10(17)5-8-7(6-16)3-4-9(11(8)18)20-12(13,14)15/h3-4,18H,2,5H2,1H3. The Morgan fingerprint density at radius 2 is 2.15 bits per heavy atom. The fourth-order valence-electron chi connectivity index (χ4n) is 1.46. The van der Waals surface area contributed by atoms with Crippen molar-refractivity contribution in [3.05, 3.63) is 23.3 Å². The zero-order chi connectivity index (χ0) is 15.3. The first-order valence-electron chi connectivity index (χ1n) is 5.44. The van der Waals surface area contributed by atoms with Crippen LogP contribution in [0.3, 0.4) is 0 Å². The van der Waals surface area contributed by atoms with Crippen LogP contribution in [0.1, 0.15) is 18.1 Å². The summed E-state index contributed by atoms with van der Waals surface area (Å²) >= 11 is -0.510. The average molecular weight is 305 g/mol. The third-order valence-electron chi connectivity index (χ3n) is 2.22. The van der Waals surface area contributed by atoms with Gasteiger partial charge in [-0.3, -0.25) is 4.79 Å². The Kier molecular flexibility index (Phi) is 5.27. The van der Waals surface area contributed by atoms with Crippen LogP contribution in [0.5, 0.6) is 5.75 Å². The number of carbonyl (C=O) groups excluding carboxylic acids is 1. The first-order chi connectivity index (χ1) is 9.28. The number of rotatable bonds is 4. The molecular weight excluding hydrogens is 295 g/mol. The number of halogens is 3. The topological polar surface area (TPSA) is 70.3 Å². The van der Waals surface area contributed by atoms with Crippen molar-refractivity contribution in [3.8, 4) is 11.8 Å². The molecule has 8 heteroatoms. The molecule has 0 amide bonds. The maximum absolute atomic E-state index is 12.3. The number of nitrogens with zero attached hydrogens (tertiary/aromatic N) is 1. The number of ether oxygens (including phenoxy) is 1. The van der Waals surface area contributed by atoms with Gasteiger partial charge in [0.2, 0.25) is 0 Å². The maximum atomic E-state index is 12.3. The molecule has 1 rings (SSSR count). The van der Waals surface area contributed by atoms with Crippen LogP contribution in [0.2, 0.25) is 0 Å². The summed E-state index contributed by atoms with van der Waals surface area (Å²) in [5.41, 5.74) is -4.81. The molecule has 0 heterocycles. The number of thioether (sulfide) groups is 1. The molecule has 0 saturated carbocycles. The lowest BCUT2D eigenvalue weighted by Crippen LogP contribution is -2.09. The smallest absolute Gasteiger partial charge is 0.446 e. The SMILES string of the molecule is CCOC(=O)Cc1c(C#N)ccc(SC(F)(F)F)c1O. The second-order valence-electron chi connectivity index (χ2n) is 3.58. The molecule has 0 atom stereocenters. The van der Waals surface area contributed by atoms with Crippen LogP contribution in [-0.2, 0) is 16.0 Å². The Morgan fingerprint density at radius 3 is 2.65 bits per heavy atom. The number of phenolic OH excluding ortho intramolecular Hbond substituents is 1. The first-order valence-corrected chi connectivity index (χ1v) is 6.26. The molecule has 0 aliphatic heterocycles. The van der Waals surface area contributed by atoms with Crippen LogP contribution in [0, 0.1) is 11.3 Å². The largest absolute Gasteiger partial charge is 0.506 e. The minimum Gasteiger partial charge on any atom is -0.506 e. The number of benzene rings is 1. The van der Waals surface area contributed by atoms with Gasteiger partial charge in [-0.1, -0.05) is 0 Å². The zero-order valence-corrected chi connectivity index (χ0v) is 11.1. The van der Waals surface area contributed by atoms with E-state index in [4.69, 9.17) is 5.26 Å². The van der Waals surface area contributed by atoms with Crippen molar-refractivity contribution in [2.75, 3.05) is 6.61 Å². The van der Waals surface area contributed by atoms with Gasteiger partial charge in [0.15, 0.2) is 0 Å². The lowest BCUT2D eigenvalue weighted by Gasteiger charge is -2.12. The van der Waals surface area contributed by atoms with Gasteiger partial charge >= 0.3 is 11.5 Å². The average Bonchev–Trinajstić information content (AvgIpc) is 2.33. The highest BCUT2D eigenvalue weighted by molar-refractivity contribution is 8.00. The highest BCUT2D eigenvalue weighted by Gasteiger charge is 2.31. The molecule has 4 nitrogen and oxygen atoms in total. The molecule has 1 N–H and O–H groups in total. The van der Waals surface area contributed by atoms with E-state index in [1.54, 1.807) is 13.0 Å². The van der Waals surface area contributed by atoms with Gasteiger partial charge in [-0.05, 0) is 30.8 Å². The van der Waals surface area contributed by atoms with Gasteiger partial charge in [-0.15, -0.1) is 0 Å². The number of hydrogen-bond donors (Lipinski definition) is 1. The monoisotopic (exact) mass is 305 g/mol. The van der Waals surface area contributed by atoms with Crippen molar-refractivity contribution in [2.24, 2.45) is 0 Å². The molecule has 0 saturated heterocycles. The van der Waals surface area contributed by atoms with E-state index in [2.05, 4.69) is 4.74 Å². The van der Waals surface area contributed by atoms with E-state index in [-0.39, 0.29) is 17.7 Å². The van der Waals surface area contributed by atoms with Gasteiger partial charge in [-0.2, -0.15) is 18.4 Å². The van der Waals surface area contributed by atoms with E-state index >= 15 is 0 Å². The van der Waals surface area contributed by atoms with Crippen LogP contribution < -0.4 is 0 Å². The fraction of sp³-hybridized carbons (Fsp3) is 0.333. The summed E-state index contributed by atoms with van der Waals surface area (Å²) in [5.74, 6) is -1.45. The number of hydrogen-bond acceptors (Lipinski definition) is 5. The van der Waals surface area contributed by atoms with E-state index in [0.29, 0.717) is 0 Å². The quantitative estimate of drug-likeness (QED) is 0.684. The van der Waals surface area contributed by atoms with Crippen molar-refractivity contribution < 1.29 is 27.8 Å². The second-order valence-corrected chi connectivity index (χ2v) is 4.69. The molecule has 0 aliphatic rings. The molecule has 0 aliphatic carbocycles. The number of alkyl halides is 3. The van der Waals surface area contributed by atoms with Crippen molar-refractivity contribution >= 4 is 17.7 Å². The van der Waals surface area contributed by atoms with Gasteiger partial charge in [0, 0.05) is 5.56 Å². The third-order valence-corrected chi connectivity index (χ3v) is 3.00. The molecule has 108 valence electrons. The number of carbonyl (C=O) groups is 1. The Bertz CT molecular complexity index is 552. The van der Waals surface area contributed by atoms with E-state index < -0.39 is 40.3 Å². The molecule has 0 aromatic heterocycles. The molecule has 0 spiro atoms. The molecule has 1 aromatic carbocycles. The summed E-state index contributed by atoms with van der Waals surface area (Å²) in [6.45, 7) is 1.66. The van der Waals surface area contributed by atoms with Gasteiger partial charge < -0.3 is 9.84 Å². The number of esters is 1.